The van der Waals surface area contributed by atoms with Gasteiger partial charge in [-0.05, 0) is 38.2 Å². The lowest BCUT2D eigenvalue weighted by atomic mass is 9.98. The summed E-state index contributed by atoms with van der Waals surface area (Å²) in [4.78, 5) is 22.8. The molecule has 9 nitrogen and oxygen atoms in total. The number of aromatic amines is 1. The first-order chi connectivity index (χ1) is 17.0. The van der Waals surface area contributed by atoms with Crippen LogP contribution in [0, 0.1) is 30.1 Å². The van der Waals surface area contributed by atoms with Gasteiger partial charge in [-0.25, -0.2) is 9.50 Å². The minimum absolute atomic E-state index is 0.0000320. The van der Waals surface area contributed by atoms with Gasteiger partial charge in [-0.2, -0.15) is 15.5 Å². The summed E-state index contributed by atoms with van der Waals surface area (Å²) in [6, 6.07) is 10.1. The molecule has 5 heterocycles. The van der Waals surface area contributed by atoms with Crippen molar-refractivity contribution in [2.75, 3.05) is 24.5 Å². The van der Waals surface area contributed by atoms with Crippen LogP contribution >= 0.6 is 0 Å². The standard InChI is InChI=1S/C26H28N8O/c1-16-13-32(15-19(16)11-27)25-17(2)14-34-23(29-25)10-21(31-34)22-8-3-4-9-33(22)26(35)20-7-5-6-18-12-28-30-24(18)20/h5-7,10,12,14,16,19,22H,3-4,8-9,13,15H2,1-2H3,(H,28,30)/t16-,19+,22-/m0/s1. The lowest BCUT2D eigenvalue weighted by molar-refractivity contribution is 0.0607. The summed E-state index contributed by atoms with van der Waals surface area (Å²) in [5.74, 6) is 1.25. The number of benzene rings is 1. The molecule has 9 heteroatoms. The maximum absolute atomic E-state index is 13.7. The largest absolute Gasteiger partial charge is 0.355 e. The van der Waals surface area contributed by atoms with E-state index in [1.807, 2.05) is 46.8 Å². The predicted molar refractivity (Wildman–Crippen MR) is 132 cm³/mol. The van der Waals surface area contributed by atoms with Crippen molar-refractivity contribution >= 4 is 28.3 Å². The van der Waals surface area contributed by atoms with Crippen molar-refractivity contribution < 1.29 is 4.79 Å². The van der Waals surface area contributed by atoms with Crippen molar-refractivity contribution in [3.05, 3.63) is 53.5 Å². The molecule has 2 fully saturated rings. The molecule has 2 aliphatic heterocycles. The van der Waals surface area contributed by atoms with Crippen LogP contribution in [0.4, 0.5) is 5.82 Å². The van der Waals surface area contributed by atoms with E-state index in [1.165, 1.54) is 0 Å². The number of aryl methyl sites for hydroxylation is 1. The number of aromatic nitrogens is 5. The van der Waals surface area contributed by atoms with E-state index in [9.17, 15) is 10.1 Å². The molecule has 178 valence electrons. The van der Waals surface area contributed by atoms with Crippen molar-refractivity contribution in [2.24, 2.45) is 11.8 Å². The van der Waals surface area contributed by atoms with Crippen LogP contribution in [0.5, 0.6) is 0 Å². The fraction of sp³-hybridized carbons (Fsp3) is 0.423. The minimum atomic E-state index is -0.102. The van der Waals surface area contributed by atoms with Crippen molar-refractivity contribution in [1.82, 2.24) is 29.7 Å². The Labute approximate surface area is 203 Å². The third-order valence-corrected chi connectivity index (χ3v) is 7.51. The highest BCUT2D eigenvalue weighted by Gasteiger charge is 2.33. The van der Waals surface area contributed by atoms with Crippen LogP contribution in [-0.4, -0.2) is 55.2 Å². The molecule has 0 bridgehead atoms. The first kappa shape index (κ1) is 21.6. The molecule has 1 N–H and O–H groups in total. The summed E-state index contributed by atoms with van der Waals surface area (Å²) in [6.45, 7) is 6.38. The molecule has 0 saturated carbocycles. The first-order valence-corrected chi connectivity index (χ1v) is 12.3. The Morgan fingerprint density at radius 2 is 2.14 bits per heavy atom. The number of nitriles is 1. The average molecular weight is 469 g/mol. The van der Waals surface area contributed by atoms with Crippen molar-refractivity contribution in [3.8, 4) is 6.07 Å². The smallest absolute Gasteiger partial charge is 0.256 e. The molecule has 0 unspecified atom stereocenters. The number of fused-ring (bicyclic) bond motifs is 2. The second-order valence-electron chi connectivity index (χ2n) is 9.89. The minimum Gasteiger partial charge on any atom is -0.355 e. The van der Waals surface area contributed by atoms with Crippen LogP contribution in [0.15, 0.2) is 36.7 Å². The Kier molecular flexibility index (Phi) is 5.17. The summed E-state index contributed by atoms with van der Waals surface area (Å²) in [6.07, 6.45) is 6.64. The van der Waals surface area contributed by atoms with Gasteiger partial charge in [0.1, 0.15) is 5.82 Å². The Hall–Kier alpha value is -3.93. The zero-order valence-electron chi connectivity index (χ0n) is 20.0. The number of carbonyl (C=O) groups is 1. The topological polar surface area (TPSA) is 106 Å². The Balaban J connectivity index is 1.34. The number of piperidine rings is 1. The number of hydrogen-bond acceptors (Lipinski definition) is 6. The SMILES string of the molecule is Cc1cn2nc([C@@H]3CCCCN3C(=O)c3cccc4cn[nH]c34)cc2nc1N1C[C@@H](C#N)[C@@H](C)C1. The van der Waals surface area contributed by atoms with Gasteiger partial charge in [0.15, 0.2) is 5.65 Å². The molecule has 4 aromatic rings. The first-order valence-electron chi connectivity index (χ1n) is 12.3. The van der Waals surface area contributed by atoms with Crippen molar-refractivity contribution in [1.29, 1.82) is 5.26 Å². The molecule has 6 rings (SSSR count). The summed E-state index contributed by atoms with van der Waals surface area (Å²) in [5, 5.41) is 22.3. The molecule has 1 amide bonds. The molecule has 0 spiro atoms. The molecule has 2 aliphatic rings. The quantitative estimate of drug-likeness (QED) is 0.489. The van der Waals surface area contributed by atoms with Crippen LogP contribution in [0.25, 0.3) is 16.6 Å². The van der Waals surface area contributed by atoms with E-state index in [2.05, 4.69) is 28.1 Å². The number of hydrogen-bond donors (Lipinski definition) is 1. The van der Waals surface area contributed by atoms with Gasteiger partial charge in [-0.15, -0.1) is 0 Å². The molecule has 3 atom stereocenters. The number of likely N-dealkylation sites (tertiary alicyclic amines) is 1. The summed E-state index contributed by atoms with van der Waals surface area (Å²) < 4.78 is 1.82. The maximum Gasteiger partial charge on any atom is 0.256 e. The normalized spacial score (nSPS) is 22.7. The Morgan fingerprint density at radius 3 is 2.97 bits per heavy atom. The van der Waals surface area contributed by atoms with Gasteiger partial charge in [-0.1, -0.05) is 19.1 Å². The number of amides is 1. The average Bonchev–Trinajstić information content (AvgIpc) is 3.60. The van der Waals surface area contributed by atoms with Gasteiger partial charge < -0.3 is 9.80 Å². The van der Waals surface area contributed by atoms with Gasteiger partial charge in [0.05, 0.1) is 41.0 Å². The van der Waals surface area contributed by atoms with Gasteiger partial charge in [0, 0.05) is 42.8 Å². The van der Waals surface area contributed by atoms with Crippen molar-refractivity contribution in [3.63, 3.8) is 0 Å². The molecular weight excluding hydrogens is 440 g/mol. The van der Waals surface area contributed by atoms with Gasteiger partial charge in [-0.3, -0.25) is 9.89 Å². The van der Waals surface area contributed by atoms with Gasteiger partial charge >= 0.3 is 0 Å². The lowest BCUT2D eigenvalue weighted by Gasteiger charge is -2.34. The highest BCUT2D eigenvalue weighted by Crippen LogP contribution is 2.34. The number of rotatable bonds is 3. The van der Waals surface area contributed by atoms with Crippen LogP contribution in [0.2, 0.25) is 0 Å². The van der Waals surface area contributed by atoms with E-state index in [1.54, 1.807) is 6.20 Å². The molecule has 3 aromatic heterocycles. The third-order valence-electron chi connectivity index (χ3n) is 7.51. The van der Waals surface area contributed by atoms with Gasteiger partial charge in [0.2, 0.25) is 0 Å². The predicted octanol–water partition coefficient (Wildman–Crippen LogP) is 3.88. The molecule has 0 radical (unpaired) electrons. The molecule has 0 aliphatic carbocycles. The van der Waals surface area contributed by atoms with Crippen LogP contribution in [0.3, 0.4) is 0 Å². The summed E-state index contributed by atoms with van der Waals surface area (Å²) in [7, 11) is 0. The fourth-order valence-electron chi connectivity index (χ4n) is 5.59. The second kappa shape index (κ2) is 8.38. The zero-order chi connectivity index (χ0) is 24.1. The van der Waals surface area contributed by atoms with Crippen LogP contribution in [0.1, 0.15) is 53.8 Å². The number of carbonyl (C=O) groups excluding carboxylic acids is 1. The van der Waals surface area contributed by atoms with E-state index in [4.69, 9.17) is 10.1 Å². The number of nitrogens with zero attached hydrogens (tertiary/aromatic N) is 7. The number of nitrogens with one attached hydrogen (secondary N) is 1. The van der Waals surface area contributed by atoms with E-state index in [-0.39, 0.29) is 17.9 Å². The monoisotopic (exact) mass is 468 g/mol. The van der Waals surface area contributed by atoms with E-state index < -0.39 is 0 Å². The molecular formula is C26H28N8O. The number of para-hydroxylation sites is 1. The highest BCUT2D eigenvalue weighted by atomic mass is 16.2. The lowest BCUT2D eigenvalue weighted by Crippen LogP contribution is -2.38. The summed E-state index contributed by atoms with van der Waals surface area (Å²) in [5.41, 5.74) is 4.07. The van der Waals surface area contributed by atoms with Crippen LogP contribution < -0.4 is 4.90 Å². The van der Waals surface area contributed by atoms with Crippen LogP contribution in [-0.2, 0) is 0 Å². The molecule has 2 saturated heterocycles. The highest BCUT2D eigenvalue weighted by molar-refractivity contribution is 6.05. The van der Waals surface area contributed by atoms with Gasteiger partial charge in [0.25, 0.3) is 5.91 Å². The van der Waals surface area contributed by atoms with E-state index in [0.29, 0.717) is 24.6 Å². The van der Waals surface area contributed by atoms with E-state index in [0.717, 1.165) is 59.4 Å². The number of H-pyrrole nitrogens is 1. The molecule has 35 heavy (non-hydrogen) atoms. The zero-order valence-corrected chi connectivity index (χ0v) is 20.0. The Morgan fingerprint density at radius 1 is 1.26 bits per heavy atom. The number of anilines is 1. The van der Waals surface area contributed by atoms with E-state index >= 15 is 0 Å². The van der Waals surface area contributed by atoms with Crippen molar-refractivity contribution in [2.45, 2.75) is 39.2 Å². The summed E-state index contributed by atoms with van der Waals surface area (Å²) >= 11 is 0. The Bertz CT molecular complexity index is 1460. The maximum atomic E-state index is 13.7. The molecule has 1 aromatic carbocycles. The third kappa shape index (κ3) is 3.60. The second-order valence-corrected chi connectivity index (χ2v) is 9.89. The fourth-order valence-corrected chi connectivity index (χ4v) is 5.59.